The fourth-order valence-corrected chi connectivity index (χ4v) is 4.02. The predicted octanol–water partition coefficient (Wildman–Crippen LogP) is 3.19. The molecule has 3 rings (SSSR count). The van der Waals surface area contributed by atoms with E-state index < -0.39 is 28.4 Å². The van der Waals surface area contributed by atoms with Gasteiger partial charge in [-0.25, -0.2) is 0 Å². The number of ketones is 1. The lowest BCUT2D eigenvalue weighted by molar-refractivity contribution is -0.384. The van der Waals surface area contributed by atoms with Gasteiger partial charge >= 0.3 is 0 Å². The molecular formula is C20H21N3O5S. The van der Waals surface area contributed by atoms with Crippen molar-refractivity contribution in [1.82, 2.24) is 9.80 Å². The lowest BCUT2D eigenvalue weighted by Gasteiger charge is -2.27. The van der Waals surface area contributed by atoms with Crippen molar-refractivity contribution >= 4 is 28.7 Å². The van der Waals surface area contributed by atoms with Gasteiger partial charge < -0.3 is 14.9 Å². The van der Waals surface area contributed by atoms with Gasteiger partial charge in [-0.15, -0.1) is 11.3 Å². The normalized spacial score (nSPS) is 16.7. The molecule has 1 aromatic carbocycles. The number of amides is 1. The second-order valence-corrected chi connectivity index (χ2v) is 7.92. The molecule has 0 unspecified atom stereocenters. The molecule has 1 atom stereocenters. The van der Waals surface area contributed by atoms with E-state index in [0.717, 1.165) is 6.54 Å². The highest BCUT2D eigenvalue weighted by Gasteiger charge is 2.43. The van der Waals surface area contributed by atoms with Crippen LogP contribution in [0, 0.1) is 10.1 Å². The zero-order valence-electron chi connectivity index (χ0n) is 16.1. The number of benzene rings is 1. The number of hydrogen-bond donors (Lipinski definition) is 1. The van der Waals surface area contributed by atoms with Crippen molar-refractivity contribution in [2.45, 2.75) is 12.5 Å². The molecule has 0 spiro atoms. The molecular weight excluding hydrogens is 394 g/mol. The lowest BCUT2D eigenvalue weighted by atomic mass is 9.95. The fourth-order valence-electron chi connectivity index (χ4n) is 3.34. The number of nitro benzene ring substituents is 1. The van der Waals surface area contributed by atoms with E-state index in [1.807, 2.05) is 19.0 Å². The Kier molecular flexibility index (Phi) is 6.09. The molecule has 8 nitrogen and oxygen atoms in total. The van der Waals surface area contributed by atoms with E-state index in [4.69, 9.17) is 0 Å². The van der Waals surface area contributed by atoms with Gasteiger partial charge in [0.05, 0.1) is 21.4 Å². The molecule has 0 aliphatic carbocycles. The summed E-state index contributed by atoms with van der Waals surface area (Å²) in [5.41, 5.74) is 0.463. The Labute approximate surface area is 171 Å². The van der Waals surface area contributed by atoms with E-state index in [-0.39, 0.29) is 11.3 Å². The van der Waals surface area contributed by atoms with Gasteiger partial charge in [0.15, 0.2) is 5.76 Å². The highest BCUT2D eigenvalue weighted by atomic mass is 32.1. The number of rotatable bonds is 8. The van der Waals surface area contributed by atoms with Crippen molar-refractivity contribution in [3.05, 3.63) is 73.7 Å². The zero-order valence-corrected chi connectivity index (χ0v) is 16.9. The summed E-state index contributed by atoms with van der Waals surface area (Å²) in [4.78, 5) is 40.1. The van der Waals surface area contributed by atoms with Crippen LogP contribution in [0.25, 0.3) is 0 Å². The molecule has 0 bridgehead atoms. The van der Waals surface area contributed by atoms with E-state index in [1.54, 1.807) is 17.5 Å². The Morgan fingerprint density at radius 2 is 1.97 bits per heavy atom. The maximum absolute atomic E-state index is 13.0. The monoisotopic (exact) mass is 415 g/mol. The number of hydrogen-bond acceptors (Lipinski definition) is 7. The third-order valence-corrected chi connectivity index (χ3v) is 5.59. The predicted molar refractivity (Wildman–Crippen MR) is 109 cm³/mol. The van der Waals surface area contributed by atoms with Crippen LogP contribution in [0.2, 0.25) is 0 Å². The van der Waals surface area contributed by atoms with E-state index in [1.165, 1.54) is 40.5 Å². The average Bonchev–Trinajstić information content (AvgIpc) is 3.30. The largest absolute Gasteiger partial charge is 0.503 e. The van der Waals surface area contributed by atoms with Crippen LogP contribution in [0.15, 0.2) is 53.1 Å². The molecule has 29 heavy (non-hydrogen) atoms. The van der Waals surface area contributed by atoms with E-state index in [9.17, 15) is 24.8 Å². The number of Topliss-reactive ketones (excluding diaryl/α,β-unsaturated/α-hetero) is 1. The van der Waals surface area contributed by atoms with Crippen LogP contribution in [0.5, 0.6) is 0 Å². The summed E-state index contributed by atoms with van der Waals surface area (Å²) in [6.45, 7) is 1.07. The van der Waals surface area contributed by atoms with Crippen LogP contribution >= 0.6 is 11.3 Å². The Balaban J connectivity index is 2.00. The van der Waals surface area contributed by atoms with Crippen LogP contribution in [-0.2, 0) is 4.79 Å². The van der Waals surface area contributed by atoms with Crippen LogP contribution in [-0.4, -0.2) is 58.7 Å². The fraction of sp³-hybridized carbons (Fsp3) is 0.300. The lowest BCUT2D eigenvalue weighted by Crippen LogP contribution is -2.33. The van der Waals surface area contributed by atoms with Gasteiger partial charge in [-0.1, -0.05) is 6.07 Å². The highest BCUT2D eigenvalue weighted by molar-refractivity contribution is 7.12. The van der Waals surface area contributed by atoms with Crippen molar-refractivity contribution in [3.63, 3.8) is 0 Å². The summed E-state index contributed by atoms with van der Waals surface area (Å²) in [5, 5.41) is 23.3. The minimum absolute atomic E-state index is 0.0103. The third-order valence-electron chi connectivity index (χ3n) is 4.72. The maximum atomic E-state index is 13.0. The molecule has 0 saturated heterocycles. The van der Waals surface area contributed by atoms with Crippen LogP contribution in [0.4, 0.5) is 5.69 Å². The molecule has 1 aliphatic heterocycles. The first kappa shape index (κ1) is 20.7. The number of aliphatic hydroxyl groups excluding tert-OH is 1. The summed E-state index contributed by atoms with van der Waals surface area (Å²) >= 11 is 1.23. The smallest absolute Gasteiger partial charge is 0.290 e. The molecule has 0 radical (unpaired) electrons. The number of carbonyl (C=O) groups is 2. The molecule has 0 fully saturated rings. The maximum Gasteiger partial charge on any atom is 0.290 e. The van der Waals surface area contributed by atoms with Crippen molar-refractivity contribution in [2.24, 2.45) is 0 Å². The zero-order chi connectivity index (χ0) is 21.1. The van der Waals surface area contributed by atoms with E-state index in [0.29, 0.717) is 23.4 Å². The Morgan fingerprint density at radius 3 is 2.52 bits per heavy atom. The van der Waals surface area contributed by atoms with Gasteiger partial charge in [0.1, 0.15) is 0 Å². The van der Waals surface area contributed by atoms with Crippen LogP contribution < -0.4 is 0 Å². The van der Waals surface area contributed by atoms with Crippen molar-refractivity contribution < 1.29 is 19.6 Å². The molecule has 9 heteroatoms. The highest BCUT2D eigenvalue weighted by Crippen LogP contribution is 2.39. The van der Waals surface area contributed by atoms with E-state index >= 15 is 0 Å². The first-order valence-corrected chi connectivity index (χ1v) is 9.90. The first-order valence-electron chi connectivity index (χ1n) is 9.02. The van der Waals surface area contributed by atoms with Gasteiger partial charge in [-0.05, 0) is 56.2 Å². The Morgan fingerprint density at radius 1 is 1.28 bits per heavy atom. The minimum atomic E-state index is -0.792. The summed E-state index contributed by atoms with van der Waals surface area (Å²) < 4.78 is 0. The summed E-state index contributed by atoms with van der Waals surface area (Å²) in [7, 11) is 3.84. The quantitative estimate of drug-likeness (QED) is 0.403. The van der Waals surface area contributed by atoms with Gasteiger partial charge in [0.2, 0.25) is 5.78 Å². The molecule has 2 heterocycles. The molecule has 152 valence electrons. The number of aliphatic hydroxyl groups is 1. The average molecular weight is 415 g/mol. The molecule has 1 aliphatic rings. The molecule has 0 saturated carbocycles. The SMILES string of the molecule is CN(C)CCCN1C(=O)C(O)=C(C(=O)c2cccs2)[C@H]1c1ccc([N+](=O)[O-])cc1. The summed E-state index contributed by atoms with van der Waals surface area (Å²) in [6, 6.07) is 8.28. The number of nitro groups is 1. The molecule has 1 amide bonds. The third kappa shape index (κ3) is 4.20. The van der Waals surface area contributed by atoms with Crippen LogP contribution in [0.1, 0.15) is 27.7 Å². The summed E-state index contributed by atoms with van der Waals surface area (Å²) in [5.74, 6) is -1.58. The second kappa shape index (κ2) is 8.54. The van der Waals surface area contributed by atoms with Gasteiger partial charge in [0, 0.05) is 18.7 Å². The summed E-state index contributed by atoms with van der Waals surface area (Å²) in [6.07, 6.45) is 0.649. The topological polar surface area (TPSA) is 104 Å². The second-order valence-electron chi connectivity index (χ2n) is 6.98. The molecule has 1 aromatic heterocycles. The Hall–Kier alpha value is -3.04. The number of non-ortho nitro benzene ring substituents is 1. The first-order chi connectivity index (χ1) is 13.8. The van der Waals surface area contributed by atoms with Crippen molar-refractivity contribution in [1.29, 1.82) is 0 Å². The van der Waals surface area contributed by atoms with Gasteiger partial charge in [0.25, 0.3) is 11.6 Å². The van der Waals surface area contributed by atoms with Crippen molar-refractivity contribution in [2.75, 3.05) is 27.2 Å². The molecule has 1 N–H and O–H groups in total. The number of nitrogens with zero attached hydrogens (tertiary/aromatic N) is 3. The van der Waals surface area contributed by atoms with Gasteiger partial charge in [-0.3, -0.25) is 19.7 Å². The van der Waals surface area contributed by atoms with E-state index in [2.05, 4.69) is 0 Å². The number of carbonyl (C=O) groups excluding carboxylic acids is 2. The van der Waals surface area contributed by atoms with Gasteiger partial charge in [-0.2, -0.15) is 0 Å². The molecule has 2 aromatic rings. The van der Waals surface area contributed by atoms with Crippen LogP contribution in [0.3, 0.4) is 0 Å². The standard InChI is InChI=1S/C20H21N3O5S/c1-21(2)10-4-11-22-17(13-6-8-14(9-7-13)23(27)28)16(19(25)20(22)26)18(24)15-5-3-12-29-15/h3,5-9,12,17,25H,4,10-11H2,1-2H3/t17-/m1/s1. The Bertz CT molecular complexity index is 951. The number of thiophene rings is 1. The minimum Gasteiger partial charge on any atom is -0.503 e. The van der Waals surface area contributed by atoms with Crippen molar-refractivity contribution in [3.8, 4) is 0 Å².